The number of hydrogen-bond donors (Lipinski definition) is 0. The first-order chi connectivity index (χ1) is 10.8. The molecule has 6 heteroatoms. The van der Waals surface area contributed by atoms with Gasteiger partial charge in [0, 0.05) is 50.5 Å². The van der Waals surface area contributed by atoms with Crippen molar-refractivity contribution in [3.05, 3.63) is 0 Å². The third kappa shape index (κ3) is 3.53. The molecule has 2 heterocycles. The molecule has 2 aliphatic heterocycles. The number of likely N-dealkylation sites (N-methyl/N-ethyl adjacent to an activating group) is 1. The van der Waals surface area contributed by atoms with Crippen molar-refractivity contribution in [2.75, 3.05) is 46.8 Å². The van der Waals surface area contributed by atoms with E-state index in [4.69, 9.17) is 0 Å². The summed E-state index contributed by atoms with van der Waals surface area (Å²) in [5.41, 5.74) is 0.246. The van der Waals surface area contributed by atoms with Gasteiger partial charge in [0.05, 0.1) is 0 Å². The van der Waals surface area contributed by atoms with Crippen molar-refractivity contribution < 1.29 is 13.6 Å². The van der Waals surface area contributed by atoms with Crippen LogP contribution in [0.15, 0.2) is 0 Å². The highest BCUT2D eigenvalue weighted by Gasteiger charge is 2.51. The maximum Gasteiger partial charge on any atom is 0.249 e. The summed E-state index contributed by atoms with van der Waals surface area (Å²) < 4.78 is 26.0. The normalized spacial score (nSPS) is 27.6. The molecule has 1 aliphatic carbocycles. The molecule has 1 amide bonds. The number of rotatable bonds is 4. The van der Waals surface area contributed by atoms with Crippen molar-refractivity contribution >= 4 is 5.91 Å². The molecule has 0 bridgehead atoms. The molecule has 23 heavy (non-hydrogen) atoms. The fourth-order valence-corrected chi connectivity index (χ4v) is 4.47. The van der Waals surface area contributed by atoms with Gasteiger partial charge in [-0.05, 0) is 46.3 Å². The Morgan fingerprint density at radius 2 is 1.78 bits per heavy atom. The molecule has 0 radical (unpaired) electrons. The number of amides is 1. The molecule has 0 aromatic rings. The zero-order chi connectivity index (χ0) is 16.7. The lowest BCUT2D eigenvalue weighted by atomic mass is 9.79. The van der Waals surface area contributed by atoms with E-state index in [9.17, 15) is 13.6 Å². The minimum absolute atomic E-state index is 0.0383. The number of halogens is 2. The van der Waals surface area contributed by atoms with Crippen molar-refractivity contribution in [2.24, 2.45) is 5.92 Å². The Hall–Kier alpha value is -0.750. The first-order valence-corrected chi connectivity index (χ1v) is 8.88. The molecule has 1 saturated carbocycles. The molecule has 0 atom stereocenters. The van der Waals surface area contributed by atoms with E-state index in [1.54, 1.807) is 0 Å². The van der Waals surface area contributed by atoms with E-state index < -0.39 is 11.8 Å². The van der Waals surface area contributed by atoms with Crippen LogP contribution in [-0.2, 0) is 4.79 Å². The summed E-state index contributed by atoms with van der Waals surface area (Å²) in [5.74, 6) is -3.08. The highest BCUT2D eigenvalue weighted by Crippen LogP contribution is 2.44. The Kier molecular flexibility index (Phi) is 4.67. The summed E-state index contributed by atoms with van der Waals surface area (Å²) >= 11 is 0. The Labute approximate surface area is 137 Å². The summed E-state index contributed by atoms with van der Waals surface area (Å²) in [4.78, 5) is 19.0. The zero-order valence-electron chi connectivity index (χ0n) is 14.4. The predicted molar refractivity (Wildman–Crippen MR) is 85.6 cm³/mol. The first-order valence-electron chi connectivity index (χ1n) is 8.88. The number of likely N-dealkylation sites (tertiary alicyclic amines) is 2. The highest BCUT2D eigenvalue weighted by molar-refractivity contribution is 5.80. The first kappa shape index (κ1) is 17.1. The van der Waals surface area contributed by atoms with Crippen LogP contribution >= 0.6 is 0 Å². The topological polar surface area (TPSA) is 26.8 Å². The molecule has 1 spiro atoms. The number of nitrogens with zero attached hydrogens (tertiary/aromatic N) is 3. The molecule has 4 nitrogen and oxygen atoms in total. The van der Waals surface area contributed by atoms with E-state index in [-0.39, 0.29) is 24.3 Å². The average Bonchev–Trinajstić information content (AvgIpc) is 2.85. The number of alkyl halides is 2. The number of piperidine rings is 1. The van der Waals surface area contributed by atoms with Gasteiger partial charge in [-0.2, -0.15) is 0 Å². The fourth-order valence-electron chi connectivity index (χ4n) is 4.47. The number of carbonyl (C=O) groups excluding carboxylic acids is 1. The van der Waals surface area contributed by atoms with E-state index in [0.29, 0.717) is 0 Å². The Morgan fingerprint density at radius 1 is 1.13 bits per heavy atom. The summed E-state index contributed by atoms with van der Waals surface area (Å²) in [6, 6.07) is 0. The Balaban J connectivity index is 1.52. The van der Waals surface area contributed by atoms with Crippen molar-refractivity contribution in [1.29, 1.82) is 0 Å². The van der Waals surface area contributed by atoms with Crippen molar-refractivity contribution in [3.63, 3.8) is 0 Å². The third-order valence-corrected chi connectivity index (χ3v) is 6.00. The van der Waals surface area contributed by atoms with Gasteiger partial charge in [0.2, 0.25) is 11.8 Å². The van der Waals surface area contributed by atoms with Gasteiger partial charge in [0.25, 0.3) is 0 Å². The van der Waals surface area contributed by atoms with Gasteiger partial charge >= 0.3 is 0 Å². The van der Waals surface area contributed by atoms with E-state index in [0.717, 1.165) is 45.6 Å². The monoisotopic (exact) mass is 329 g/mol. The molecule has 0 unspecified atom stereocenters. The highest BCUT2D eigenvalue weighted by atomic mass is 19.3. The summed E-state index contributed by atoms with van der Waals surface area (Å²) in [7, 11) is 4.19. The van der Waals surface area contributed by atoms with Crippen LogP contribution in [0.3, 0.4) is 0 Å². The lowest BCUT2D eigenvalue weighted by Crippen LogP contribution is -2.56. The van der Waals surface area contributed by atoms with E-state index in [1.165, 1.54) is 12.8 Å². The minimum atomic E-state index is -2.61. The van der Waals surface area contributed by atoms with E-state index >= 15 is 0 Å². The maximum atomic E-state index is 13.0. The molecule has 132 valence electrons. The number of carbonyl (C=O) groups is 1. The predicted octanol–water partition coefficient (Wildman–Crippen LogP) is 2.05. The van der Waals surface area contributed by atoms with Crippen molar-refractivity contribution in [1.82, 2.24) is 14.7 Å². The molecule has 0 aromatic heterocycles. The summed E-state index contributed by atoms with van der Waals surface area (Å²) in [5, 5.41) is 0. The number of hydrogen-bond acceptors (Lipinski definition) is 3. The van der Waals surface area contributed by atoms with Crippen LogP contribution in [-0.4, -0.2) is 78.9 Å². The van der Waals surface area contributed by atoms with Crippen LogP contribution in [0.1, 0.15) is 38.5 Å². The SMILES string of the molecule is CN(C)CCN1CCCC12CCN(C(=O)C1CC(F)(F)C1)CC2. The summed E-state index contributed by atoms with van der Waals surface area (Å²) in [6.45, 7) is 4.76. The van der Waals surface area contributed by atoms with Crippen LogP contribution in [0, 0.1) is 5.92 Å². The van der Waals surface area contributed by atoms with Gasteiger partial charge in [-0.3, -0.25) is 9.69 Å². The second kappa shape index (κ2) is 6.28. The maximum absolute atomic E-state index is 13.0. The van der Waals surface area contributed by atoms with Crippen LogP contribution in [0.4, 0.5) is 8.78 Å². The molecule has 0 N–H and O–H groups in total. The van der Waals surface area contributed by atoms with Crippen LogP contribution in [0.2, 0.25) is 0 Å². The Morgan fingerprint density at radius 3 is 2.35 bits per heavy atom. The smallest absolute Gasteiger partial charge is 0.249 e. The fraction of sp³-hybridized carbons (Fsp3) is 0.941. The zero-order valence-corrected chi connectivity index (χ0v) is 14.4. The minimum Gasteiger partial charge on any atom is -0.342 e. The molecule has 3 rings (SSSR count). The average molecular weight is 329 g/mol. The molecule has 3 aliphatic rings. The van der Waals surface area contributed by atoms with Crippen LogP contribution < -0.4 is 0 Å². The van der Waals surface area contributed by atoms with Gasteiger partial charge in [-0.15, -0.1) is 0 Å². The van der Waals surface area contributed by atoms with Crippen LogP contribution in [0.5, 0.6) is 0 Å². The summed E-state index contributed by atoms with van der Waals surface area (Å²) in [6.07, 6.45) is 3.94. The molecule has 0 aromatic carbocycles. The standard InChI is InChI=1S/C17H29F2N3O/c1-20(2)10-11-22-7-3-4-16(22)5-8-21(9-6-16)15(23)14-12-17(18,19)13-14/h14H,3-13H2,1-2H3. The van der Waals surface area contributed by atoms with Crippen molar-refractivity contribution in [2.45, 2.75) is 50.0 Å². The lowest BCUT2D eigenvalue weighted by molar-refractivity contribution is -0.161. The largest absolute Gasteiger partial charge is 0.342 e. The van der Waals surface area contributed by atoms with E-state index in [1.807, 2.05) is 4.90 Å². The Bertz CT molecular complexity index is 439. The second-order valence-electron chi connectivity index (χ2n) is 7.90. The molecule has 3 fully saturated rings. The van der Waals surface area contributed by atoms with Gasteiger partial charge in [0.1, 0.15) is 0 Å². The lowest BCUT2D eigenvalue weighted by Gasteiger charge is -2.47. The molecular formula is C17H29F2N3O. The van der Waals surface area contributed by atoms with Gasteiger partial charge < -0.3 is 9.80 Å². The second-order valence-corrected chi connectivity index (χ2v) is 7.90. The quantitative estimate of drug-likeness (QED) is 0.790. The van der Waals surface area contributed by atoms with Gasteiger partial charge in [0.15, 0.2) is 0 Å². The van der Waals surface area contributed by atoms with Gasteiger partial charge in [-0.25, -0.2) is 8.78 Å². The van der Waals surface area contributed by atoms with Gasteiger partial charge in [-0.1, -0.05) is 0 Å². The van der Waals surface area contributed by atoms with Crippen LogP contribution in [0.25, 0.3) is 0 Å². The molecule has 2 saturated heterocycles. The molecular weight excluding hydrogens is 300 g/mol. The third-order valence-electron chi connectivity index (χ3n) is 6.00. The van der Waals surface area contributed by atoms with E-state index in [2.05, 4.69) is 23.9 Å². The van der Waals surface area contributed by atoms with Crippen molar-refractivity contribution in [3.8, 4) is 0 Å².